The summed E-state index contributed by atoms with van der Waals surface area (Å²) in [4.78, 5) is 11.5. The predicted molar refractivity (Wildman–Crippen MR) is 65.1 cm³/mol. The van der Waals surface area contributed by atoms with E-state index in [-0.39, 0.29) is 5.91 Å². The van der Waals surface area contributed by atoms with Gasteiger partial charge in [-0.3, -0.25) is 9.89 Å². The molecule has 2 heterocycles. The van der Waals surface area contributed by atoms with Crippen molar-refractivity contribution >= 4 is 34.7 Å². The Morgan fingerprint density at radius 2 is 2.56 bits per heavy atom. The van der Waals surface area contributed by atoms with Gasteiger partial charge in [-0.1, -0.05) is 0 Å². The standard InChI is InChI=1S/C9H7IN4O2/c10-7-5-12-13-8(7)9(15)14-11-4-6-2-1-3-16-6/h1-5H,(H,12,13)(H,14,15). The molecule has 0 aliphatic rings. The van der Waals surface area contributed by atoms with E-state index in [9.17, 15) is 4.79 Å². The molecule has 0 bridgehead atoms. The first-order valence-electron chi connectivity index (χ1n) is 4.33. The van der Waals surface area contributed by atoms with Crippen molar-refractivity contribution in [3.8, 4) is 0 Å². The Morgan fingerprint density at radius 1 is 1.69 bits per heavy atom. The molecule has 2 rings (SSSR count). The molecule has 2 aromatic heterocycles. The summed E-state index contributed by atoms with van der Waals surface area (Å²) in [6.45, 7) is 0. The maximum Gasteiger partial charge on any atom is 0.290 e. The fraction of sp³-hybridized carbons (Fsp3) is 0. The number of halogens is 1. The topological polar surface area (TPSA) is 83.3 Å². The van der Waals surface area contributed by atoms with Crippen LogP contribution in [0.2, 0.25) is 0 Å². The molecule has 0 saturated heterocycles. The number of rotatable bonds is 3. The van der Waals surface area contributed by atoms with E-state index in [1.54, 1.807) is 18.3 Å². The second kappa shape index (κ2) is 4.92. The summed E-state index contributed by atoms with van der Waals surface area (Å²) in [7, 11) is 0. The van der Waals surface area contributed by atoms with Gasteiger partial charge >= 0.3 is 0 Å². The summed E-state index contributed by atoms with van der Waals surface area (Å²) in [5.41, 5.74) is 2.74. The lowest BCUT2D eigenvalue weighted by Gasteiger charge is -1.95. The van der Waals surface area contributed by atoms with Crippen LogP contribution < -0.4 is 5.43 Å². The van der Waals surface area contributed by atoms with Crippen molar-refractivity contribution in [1.29, 1.82) is 0 Å². The third-order valence-corrected chi connectivity index (χ3v) is 2.54. The quantitative estimate of drug-likeness (QED) is 0.507. The van der Waals surface area contributed by atoms with Gasteiger partial charge in [-0.05, 0) is 34.7 Å². The van der Waals surface area contributed by atoms with Crippen LogP contribution in [0.25, 0.3) is 0 Å². The zero-order chi connectivity index (χ0) is 11.4. The highest BCUT2D eigenvalue weighted by atomic mass is 127. The second-order valence-electron chi connectivity index (χ2n) is 2.81. The van der Waals surface area contributed by atoms with Crippen LogP contribution in [0.15, 0.2) is 34.1 Å². The SMILES string of the molecule is O=C(NN=Cc1ccco1)c1[nH]ncc1I. The highest BCUT2D eigenvalue weighted by molar-refractivity contribution is 14.1. The Bertz CT molecular complexity index is 503. The van der Waals surface area contributed by atoms with Crippen LogP contribution in [-0.4, -0.2) is 22.3 Å². The molecule has 0 aliphatic carbocycles. The van der Waals surface area contributed by atoms with Crippen molar-refractivity contribution < 1.29 is 9.21 Å². The third kappa shape index (κ3) is 2.48. The van der Waals surface area contributed by atoms with E-state index in [1.807, 2.05) is 22.6 Å². The molecule has 7 heteroatoms. The lowest BCUT2D eigenvalue weighted by atomic mass is 10.4. The molecule has 0 radical (unpaired) electrons. The zero-order valence-corrected chi connectivity index (χ0v) is 10.1. The molecule has 0 spiro atoms. The van der Waals surface area contributed by atoms with Crippen LogP contribution in [0.1, 0.15) is 16.2 Å². The molecule has 0 saturated carbocycles. The van der Waals surface area contributed by atoms with E-state index in [4.69, 9.17) is 4.42 Å². The number of hydrogen-bond donors (Lipinski definition) is 2. The number of aromatic nitrogens is 2. The van der Waals surface area contributed by atoms with Crippen LogP contribution in [-0.2, 0) is 0 Å². The monoisotopic (exact) mass is 330 g/mol. The molecule has 2 aromatic rings. The molecule has 0 aliphatic heterocycles. The number of furan rings is 1. The number of hydrazone groups is 1. The summed E-state index contributed by atoms with van der Waals surface area (Å²) >= 11 is 2.01. The minimum Gasteiger partial charge on any atom is -0.463 e. The minimum absolute atomic E-state index is 0.343. The van der Waals surface area contributed by atoms with Crippen LogP contribution >= 0.6 is 22.6 Å². The first kappa shape index (κ1) is 10.9. The number of aromatic amines is 1. The molecule has 0 unspecified atom stereocenters. The number of nitrogens with one attached hydrogen (secondary N) is 2. The number of nitrogens with zero attached hydrogens (tertiary/aromatic N) is 2. The Balaban J connectivity index is 1.97. The normalized spacial score (nSPS) is 10.8. The number of amides is 1. The maximum absolute atomic E-state index is 11.5. The van der Waals surface area contributed by atoms with Crippen molar-refractivity contribution in [3.63, 3.8) is 0 Å². The summed E-state index contributed by atoms with van der Waals surface area (Å²) in [5.74, 6) is 0.226. The van der Waals surface area contributed by atoms with Gasteiger partial charge in [0.1, 0.15) is 11.5 Å². The minimum atomic E-state index is -0.343. The highest BCUT2D eigenvalue weighted by Crippen LogP contribution is 2.06. The largest absolute Gasteiger partial charge is 0.463 e. The van der Waals surface area contributed by atoms with Gasteiger partial charge in [0, 0.05) is 0 Å². The number of carbonyl (C=O) groups is 1. The van der Waals surface area contributed by atoms with Gasteiger partial charge in [-0.2, -0.15) is 10.2 Å². The van der Waals surface area contributed by atoms with E-state index in [0.29, 0.717) is 11.5 Å². The first-order valence-corrected chi connectivity index (χ1v) is 5.41. The summed E-state index contributed by atoms with van der Waals surface area (Å²) in [5, 5.41) is 10.1. The van der Waals surface area contributed by atoms with Gasteiger partial charge in [0.2, 0.25) is 0 Å². The number of H-pyrrole nitrogens is 1. The van der Waals surface area contributed by atoms with Crippen molar-refractivity contribution in [2.24, 2.45) is 5.10 Å². The lowest BCUT2D eigenvalue weighted by Crippen LogP contribution is -2.19. The van der Waals surface area contributed by atoms with E-state index >= 15 is 0 Å². The smallest absolute Gasteiger partial charge is 0.290 e. The molecule has 16 heavy (non-hydrogen) atoms. The van der Waals surface area contributed by atoms with Gasteiger partial charge < -0.3 is 4.42 Å². The van der Waals surface area contributed by atoms with Gasteiger partial charge in [0.05, 0.1) is 22.2 Å². The van der Waals surface area contributed by atoms with Crippen LogP contribution in [0.4, 0.5) is 0 Å². The predicted octanol–water partition coefficient (Wildman–Crippen LogP) is 1.37. The lowest BCUT2D eigenvalue weighted by molar-refractivity contribution is 0.0949. The first-order chi connectivity index (χ1) is 7.77. The molecule has 1 amide bonds. The Kier molecular flexibility index (Phi) is 3.34. The average Bonchev–Trinajstić information content (AvgIpc) is 2.88. The number of hydrogen-bond acceptors (Lipinski definition) is 4. The van der Waals surface area contributed by atoms with Crippen molar-refractivity contribution in [2.75, 3.05) is 0 Å². The molecule has 0 atom stereocenters. The molecule has 82 valence electrons. The van der Waals surface area contributed by atoms with E-state index < -0.39 is 0 Å². The van der Waals surface area contributed by atoms with Gasteiger partial charge in [-0.25, -0.2) is 5.43 Å². The summed E-state index contributed by atoms with van der Waals surface area (Å²) in [6, 6.07) is 3.47. The average molecular weight is 330 g/mol. The molecule has 2 N–H and O–H groups in total. The third-order valence-electron chi connectivity index (χ3n) is 1.72. The number of carbonyl (C=O) groups excluding carboxylic acids is 1. The Morgan fingerprint density at radius 3 is 3.19 bits per heavy atom. The van der Waals surface area contributed by atoms with Crippen LogP contribution in [0.5, 0.6) is 0 Å². The van der Waals surface area contributed by atoms with E-state index in [1.165, 1.54) is 12.5 Å². The van der Waals surface area contributed by atoms with Crippen molar-refractivity contribution in [1.82, 2.24) is 15.6 Å². The summed E-state index contributed by atoms with van der Waals surface area (Å²) < 4.78 is 5.75. The molecule has 0 fully saturated rings. The van der Waals surface area contributed by atoms with E-state index in [0.717, 1.165) is 3.57 Å². The molecular weight excluding hydrogens is 323 g/mol. The summed E-state index contributed by atoms with van der Waals surface area (Å²) in [6.07, 6.45) is 4.51. The molecule has 6 nitrogen and oxygen atoms in total. The van der Waals surface area contributed by atoms with Crippen molar-refractivity contribution in [3.05, 3.63) is 39.6 Å². The highest BCUT2D eigenvalue weighted by Gasteiger charge is 2.10. The Labute approximate surface area is 104 Å². The Hall–Kier alpha value is -1.64. The fourth-order valence-corrected chi connectivity index (χ4v) is 1.51. The molecule has 0 aromatic carbocycles. The second-order valence-corrected chi connectivity index (χ2v) is 3.97. The van der Waals surface area contributed by atoms with Crippen molar-refractivity contribution in [2.45, 2.75) is 0 Å². The van der Waals surface area contributed by atoms with Crippen LogP contribution in [0.3, 0.4) is 0 Å². The molecular formula is C9H7IN4O2. The fourth-order valence-electron chi connectivity index (χ4n) is 1.01. The zero-order valence-electron chi connectivity index (χ0n) is 7.98. The van der Waals surface area contributed by atoms with E-state index in [2.05, 4.69) is 20.7 Å². The van der Waals surface area contributed by atoms with Gasteiger partial charge in [0.25, 0.3) is 5.91 Å². The van der Waals surface area contributed by atoms with Gasteiger partial charge in [-0.15, -0.1) is 0 Å². The van der Waals surface area contributed by atoms with Gasteiger partial charge in [0.15, 0.2) is 0 Å². The van der Waals surface area contributed by atoms with Crippen LogP contribution in [0, 0.1) is 3.57 Å². The maximum atomic E-state index is 11.5.